The molecule has 1 amide bonds. The summed E-state index contributed by atoms with van der Waals surface area (Å²) in [5, 5.41) is 9.78. The molecule has 5 nitrogen and oxygen atoms in total. The number of benzene rings is 1. The van der Waals surface area contributed by atoms with Gasteiger partial charge in [0.1, 0.15) is 11.4 Å². The van der Waals surface area contributed by atoms with Crippen LogP contribution in [0.15, 0.2) is 66.2 Å². The third-order valence-electron chi connectivity index (χ3n) is 4.69. The fourth-order valence-corrected chi connectivity index (χ4v) is 3.94. The number of thiophene rings is 1. The summed E-state index contributed by atoms with van der Waals surface area (Å²) in [7, 11) is 0. The number of hydrogen-bond acceptors (Lipinski definition) is 4. The highest BCUT2D eigenvalue weighted by molar-refractivity contribution is 7.13. The third-order valence-corrected chi connectivity index (χ3v) is 5.58. The van der Waals surface area contributed by atoms with Crippen molar-refractivity contribution in [2.24, 2.45) is 0 Å². The Kier molecular flexibility index (Phi) is 5.53. The van der Waals surface area contributed by atoms with Crippen LogP contribution in [0.4, 0.5) is 0 Å². The Morgan fingerprint density at radius 1 is 1.10 bits per heavy atom. The van der Waals surface area contributed by atoms with E-state index in [0.29, 0.717) is 18.7 Å². The van der Waals surface area contributed by atoms with E-state index in [2.05, 4.69) is 23.3 Å². The highest BCUT2D eigenvalue weighted by atomic mass is 32.1. The second-order valence-electron chi connectivity index (χ2n) is 6.92. The van der Waals surface area contributed by atoms with E-state index < -0.39 is 0 Å². The van der Waals surface area contributed by atoms with Gasteiger partial charge in [0.25, 0.3) is 5.91 Å². The Hall–Kier alpha value is -3.25. The van der Waals surface area contributed by atoms with Crippen LogP contribution in [0.2, 0.25) is 0 Å². The van der Waals surface area contributed by atoms with Gasteiger partial charge in [0, 0.05) is 24.9 Å². The first-order chi connectivity index (χ1) is 14.1. The summed E-state index contributed by atoms with van der Waals surface area (Å²) in [5.41, 5.74) is 5.45. The molecule has 0 saturated heterocycles. The molecule has 0 aliphatic rings. The van der Waals surface area contributed by atoms with Gasteiger partial charge in [-0.15, -0.1) is 11.3 Å². The Labute approximate surface area is 174 Å². The molecule has 0 radical (unpaired) electrons. The van der Waals surface area contributed by atoms with Gasteiger partial charge in [0.15, 0.2) is 0 Å². The standard InChI is InChI=1S/C23H22N4OS/c1-16-8-9-20(17(2)14-16)27-21(15-19(26-27)22-7-5-13-29-22)23(28)25-12-10-18-6-3-4-11-24-18/h3-9,11,13-15H,10,12H2,1-2H3,(H,25,28). The molecular formula is C23H22N4OS. The van der Waals surface area contributed by atoms with Crippen LogP contribution in [-0.4, -0.2) is 27.2 Å². The van der Waals surface area contributed by atoms with Gasteiger partial charge in [-0.1, -0.05) is 29.8 Å². The lowest BCUT2D eigenvalue weighted by Crippen LogP contribution is -2.28. The smallest absolute Gasteiger partial charge is 0.270 e. The topological polar surface area (TPSA) is 59.8 Å². The van der Waals surface area contributed by atoms with Gasteiger partial charge in [0.05, 0.1) is 10.6 Å². The average molecular weight is 403 g/mol. The van der Waals surface area contributed by atoms with Crippen LogP contribution in [-0.2, 0) is 6.42 Å². The zero-order valence-corrected chi connectivity index (χ0v) is 17.2. The van der Waals surface area contributed by atoms with Gasteiger partial charge < -0.3 is 5.32 Å². The molecule has 6 heteroatoms. The lowest BCUT2D eigenvalue weighted by atomic mass is 10.1. The first kappa shape index (κ1) is 19.1. The summed E-state index contributed by atoms with van der Waals surface area (Å²) < 4.78 is 1.75. The van der Waals surface area contributed by atoms with E-state index in [4.69, 9.17) is 5.10 Å². The molecule has 4 rings (SSSR count). The Bertz CT molecular complexity index is 1120. The van der Waals surface area contributed by atoms with Gasteiger partial charge in [-0.3, -0.25) is 9.78 Å². The number of hydrogen-bond donors (Lipinski definition) is 1. The molecule has 0 bridgehead atoms. The van der Waals surface area contributed by atoms with E-state index in [1.54, 1.807) is 22.2 Å². The van der Waals surface area contributed by atoms with Gasteiger partial charge in [-0.05, 0) is 55.1 Å². The number of nitrogens with one attached hydrogen (secondary N) is 1. The second-order valence-corrected chi connectivity index (χ2v) is 7.87. The second kappa shape index (κ2) is 8.41. The van der Waals surface area contributed by atoms with E-state index in [1.807, 2.05) is 60.8 Å². The minimum absolute atomic E-state index is 0.142. The van der Waals surface area contributed by atoms with Gasteiger partial charge in [0.2, 0.25) is 0 Å². The first-order valence-electron chi connectivity index (χ1n) is 9.51. The van der Waals surface area contributed by atoms with Crippen LogP contribution in [0.1, 0.15) is 27.3 Å². The lowest BCUT2D eigenvalue weighted by Gasteiger charge is -2.11. The van der Waals surface area contributed by atoms with Crippen molar-refractivity contribution in [3.8, 4) is 16.3 Å². The van der Waals surface area contributed by atoms with Crippen molar-refractivity contribution >= 4 is 17.2 Å². The summed E-state index contributed by atoms with van der Waals surface area (Å²) in [4.78, 5) is 18.3. The first-order valence-corrected chi connectivity index (χ1v) is 10.4. The van der Waals surface area contributed by atoms with Crippen molar-refractivity contribution in [1.82, 2.24) is 20.1 Å². The normalized spacial score (nSPS) is 10.8. The fourth-order valence-electron chi connectivity index (χ4n) is 3.25. The van der Waals surface area contributed by atoms with E-state index >= 15 is 0 Å². The summed E-state index contributed by atoms with van der Waals surface area (Å²) in [6, 6.07) is 17.8. The highest BCUT2D eigenvalue weighted by Gasteiger charge is 2.19. The van der Waals surface area contributed by atoms with Crippen molar-refractivity contribution in [3.63, 3.8) is 0 Å². The van der Waals surface area contributed by atoms with E-state index in [9.17, 15) is 4.79 Å². The maximum atomic E-state index is 13.0. The van der Waals surface area contributed by atoms with Crippen LogP contribution in [0.25, 0.3) is 16.3 Å². The van der Waals surface area contributed by atoms with E-state index in [1.165, 1.54) is 5.56 Å². The SMILES string of the molecule is Cc1ccc(-n2nc(-c3cccs3)cc2C(=O)NCCc2ccccn2)c(C)c1. The molecule has 0 fully saturated rings. The van der Waals surface area contributed by atoms with E-state index in [-0.39, 0.29) is 5.91 Å². The number of carbonyl (C=O) groups is 1. The highest BCUT2D eigenvalue weighted by Crippen LogP contribution is 2.27. The van der Waals surface area contributed by atoms with Crippen molar-refractivity contribution in [2.45, 2.75) is 20.3 Å². The molecule has 0 atom stereocenters. The summed E-state index contributed by atoms with van der Waals surface area (Å²) in [6.45, 7) is 4.61. The van der Waals surface area contributed by atoms with Crippen LogP contribution in [0, 0.1) is 13.8 Å². The average Bonchev–Trinajstić information content (AvgIpc) is 3.39. The minimum atomic E-state index is -0.142. The molecule has 4 aromatic rings. The Morgan fingerprint density at radius 2 is 2.00 bits per heavy atom. The fraction of sp³-hybridized carbons (Fsp3) is 0.174. The molecule has 1 N–H and O–H groups in total. The molecule has 0 aliphatic heterocycles. The minimum Gasteiger partial charge on any atom is -0.350 e. The maximum absolute atomic E-state index is 13.0. The number of amides is 1. The van der Waals surface area contributed by atoms with Crippen molar-refractivity contribution < 1.29 is 4.79 Å². The maximum Gasteiger partial charge on any atom is 0.270 e. The van der Waals surface area contributed by atoms with Gasteiger partial charge in [-0.2, -0.15) is 5.10 Å². The van der Waals surface area contributed by atoms with Crippen LogP contribution < -0.4 is 5.32 Å². The zero-order chi connectivity index (χ0) is 20.2. The molecule has 3 aromatic heterocycles. The largest absolute Gasteiger partial charge is 0.350 e. The molecule has 0 saturated carbocycles. The molecule has 0 aliphatic carbocycles. The van der Waals surface area contributed by atoms with Gasteiger partial charge >= 0.3 is 0 Å². The Balaban J connectivity index is 1.62. The number of carbonyl (C=O) groups excluding carboxylic acids is 1. The number of nitrogens with zero attached hydrogens (tertiary/aromatic N) is 3. The molecule has 146 valence electrons. The zero-order valence-electron chi connectivity index (χ0n) is 16.4. The number of aryl methyl sites for hydroxylation is 2. The summed E-state index contributed by atoms with van der Waals surface area (Å²) in [6.07, 6.45) is 2.45. The molecular weight excluding hydrogens is 380 g/mol. The van der Waals surface area contributed by atoms with Crippen LogP contribution in [0.5, 0.6) is 0 Å². The van der Waals surface area contributed by atoms with Crippen molar-refractivity contribution in [1.29, 1.82) is 0 Å². The summed E-state index contributed by atoms with van der Waals surface area (Å²) in [5.74, 6) is -0.142. The van der Waals surface area contributed by atoms with Crippen molar-refractivity contribution in [3.05, 3.63) is 88.7 Å². The Morgan fingerprint density at radius 3 is 2.72 bits per heavy atom. The molecule has 29 heavy (non-hydrogen) atoms. The molecule has 3 heterocycles. The predicted molar refractivity (Wildman–Crippen MR) is 117 cm³/mol. The van der Waals surface area contributed by atoms with Crippen LogP contribution >= 0.6 is 11.3 Å². The predicted octanol–water partition coefficient (Wildman–Crippen LogP) is 4.59. The van der Waals surface area contributed by atoms with Crippen LogP contribution in [0.3, 0.4) is 0 Å². The van der Waals surface area contributed by atoms with Gasteiger partial charge in [-0.25, -0.2) is 4.68 Å². The lowest BCUT2D eigenvalue weighted by molar-refractivity contribution is 0.0946. The molecule has 1 aromatic carbocycles. The summed E-state index contributed by atoms with van der Waals surface area (Å²) >= 11 is 1.61. The molecule has 0 spiro atoms. The number of pyridine rings is 1. The number of rotatable bonds is 6. The van der Waals surface area contributed by atoms with Crippen molar-refractivity contribution in [2.75, 3.05) is 6.54 Å². The molecule has 0 unspecified atom stereocenters. The van der Waals surface area contributed by atoms with E-state index in [0.717, 1.165) is 27.5 Å². The quantitative estimate of drug-likeness (QED) is 0.513. The monoisotopic (exact) mass is 402 g/mol. The number of aromatic nitrogens is 3. The third kappa shape index (κ3) is 4.27.